The van der Waals surface area contributed by atoms with Crippen molar-refractivity contribution in [1.82, 2.24) is 10.6 Å². The van der Waals surface area contributed by atoms with Gasteiger partial charge >= 0.3 is 6.03 Å². The molecule has 0 radical (unpaired) electrons. The number of hydrogen-bond acceptors (Lipinski definition) is 2. The molecule has 130 valence electrons. The Hall–Kier alpha value is -2.82. The second kappa shape index (κ2) is 7.38. The van der Waals surface area contributed by atoms with Gasteiger partial charge in [-0.3, -0.25) is 4.79 Å². The van der Waals surface area contributed by atoms with E-state index in [-0.39, 0.29) is 11.4 Å². The number of carbonyl (C=O) groups excluding carboxylic acids is 2. The normalized spacial score (nSPS) is 15.0. The van der Waals surface area contributed by atoms with E-state index >= 15 is 0 Å². The molecule has 25 heavy (non-hydrogen) atoms. The average molecular weight is 337 g/mol. The van der Waals surface area contributed by atoms with Crippen molar-refractivity contribution < 1.29 is 9.59 Å². The van der Waals surface area contributed by atoms with Gasteiger partial charge in [-0.2, -0.15) is 0 Å². The number of benzene rings is 2. The summed E-state index contributed by atoms with van der Waals surface area (Å²) in [6, 6.07) is 17.1. The van der Waals surface area contributed by atoms with Gasteiger partial charge in [0.15, 0.2) is 0 Å². The van der Waals surface area contributed by atoms with Gasteiger partial charge in [0.05, 0.1) is 0 Å². The molecule has 0 saturated heterocycles. The Labute approximate surface area is 147 Å². The Morgan fingerprint density at radius 3 is 2.40 bits per heavy atom. The van der Waals surface area contributed by atoms with Crippen molar-refractivity contribution in [3.63, 3.8) is 0 Å². The number of amides is 3. The van der Waals surface area contributed by atoms with E-state index in [9.17, 15) is 9.59 Å². The Morgan fingerprint density at radius 2 is 1.76 bits per heavy atom. The number of carbonyl (C=O) groups is 2. The molecule has 3 amide bonds. The highest BCUT2D eigenvalue weighted by molar-refractivity contribution is 5.92. The fraction of sp³-hybridized carbons (Fsp3) is 0.300. The smallest absolute Gasteiger partial charge is 0.315 e. The van der Waals surface area contributed by atoms with Crippen LogP contribution in [0.25, 0.3) is 0 Å². The number of urea groups is 1. The van der Waals surface area contributed by atoms with Crippen molar-refractivity contribution in [2.24, 2.45) is 5.73 Å². The maximum absolute atomic E-state index is 12.1. The molecular formula is C20H23N3O2. The Balaban J connectivity index is 1.53. The lowest BCUT2D eigenvalue weighted by Crippen LogP contribution is -2.48. The predicted molar refractivity (Wildman–Crippen MR) is 97.2 cm³/mol. The summed E-state index contributed by atoms with van der Waals surface area (Å²) in [5.41, 5.74) is 7.90. The Morgan fingerprint density at radius 1 is 1.00 bits per heavy atom. The number of nitrogens with one attached hydrogen (secondary N) is 2. The van der Waals surface area contributed by atoms with Crippen LogP contribution in [0.1, 0.15) is 40.7 Å². The average Bonchev–Trinajstić information content (AvgIpc) is 2.60. The first kappa shape index (κ1) is 17.0. The number of primary amides is 1. The molecular weight excluding hydrogens is 314 g/mol. The summed E-state index contributed by atoms with van der Waals surface area (Å²) in [7, 11) is 0. The topological polar surface area (TPSA) is 84.2 Å². The minimum Gasteiger partial charge on any atom is -0.366 e. The molecule has 0 aromatic heterocycles. The Bertz CT molecular complexity index is 755. The molecule has 5 heteroatoms. The van der Waals surface area contributed by atoms with Crippen molar-refractivity contribution in [1.29, 1.82) is 0 Å². The van der Waals surface area contributed by atoms with Crippen molar-refractivity contribution in [3.05, 3.63) is 71.3 Å². The molecule has 1 saturated carbocycles. The highest BCUT2D eigenvalue weighted by atomic mass is 16.2. The first-order valence-electron chi connectivity index (χ1n) is 8.55. The van der Waals surface area contributed by atoms with Gasteiger partial charge in [-0.1, -0.05) is 48.9 Å². The van der Waals surface area contributed by atoms with E-state index in [0.29, 0.717) is 18.7 Å². The number of nitrogens with two attached hydrogens (primary N) is 1. The molecule has 1 aliphatic rings. The summed E-state index contributed by atoms with van der Waals surface area (Å²) >= 11 is 0. The molecule has 0 heterocycles. The maximum atomic E-state index is 12.1. The molecule has 3 rings (SSSR count). The Kier molecular flexibility index (Phi) is 5.03. The van der Waals surface area contributed by atoms with Gasteiger partial charge in [-0.15, -0.1) is 0 Å². The van der Waals surface area contributed by atoms with Gasteiger partial charge in [0.2, 0.25) is 5.91 Å². The monoisotopic (exact) mass is 337 g/mol. The largest absolute Gasteiger partial charge is 0.366 e. The van der Waals surface area contributed by atoms with Crippen LogP contribution in [-0.4, -0.2) is 18.5 Å². The zero-order valence-corrected chi connectivity index (χ0v) is 14.1. The number of hydrogen-bond donors (Lipinski definition) is 3. The highest BCUT2D eigenvalue weighted by Gasteiger charge is 2.38. The SMILES string of the molecule is NC(=O)c1cccc(CNC(=O)NCC2(c3ccccc3)CCC2)c1. The third-order valence-electron chi connectivity index (χ3n) is 4.95. The second-order valence-electron chi connectivity index (χ2n) is 6.60. The molecule has 2 aromatic carbocycles. The van der Waals surface area contributed by atoms with Crippen molar-refractivity contribution in [2.75, 3.05) is 6.54 Å². The molecule has 1 fully saturated rings. The van der Waals surface area contributed by atoms with Crippen molar-refractivity contribution >= 4 is 11.9 Å². The van der Waals surface area contributed by atoms with Crippen LogP contribution in [0.3, 0.4) is 0 Å². The minimum absolute atomic E-state index is 0.0600. The van der Waals surface area contributed by atoms with Crippen LogP contribution in [-0.2, 0) is 12.0 Å². The highest BCUT2D eigenvalue weighted by Crippen LogP contribution is 2.43. The molecule has 4 N–H and O–H groups in total. The first-order chi connectivity index (χ1) is 12.1. The fourth-order valence-corrected chi connectivity index (χ4v) is 3.29. The quantitative estimate of drug-likeness (QED) is 0.757. The summed E-state index contributed by atoms with van der Waals surface area (Å²) in [4.78, 5) is 23.3. The van der Waals surface area contributed by atoms with E-state index in [4.69, 9.17) is 5.73 Å². The third kappa shape index (κ3) is 3.99. The molecule has 5 nitrogen and oxygen atoms in total. The van der Waals surface area contributed by atoms with E-state index < -0.39 is 5.91 Å². The van der Waals surface area contributed by atoms with Crippen LogP contribution < -0.4 is 16.4 Å². The molecule has 0 bridgehead atoms. The van der Waals surface area contributed by atoms with Gasteiger partial charge in [0.1, 0.15) is 0 Å². The summed E-state index contributed by atoms with van der Waals surface area (Å²) < 4.78 is 0. The van der Waals surface area contributed by atoms with Crippen LogP contribution in [0.15, 0.2) is 54.6 Å². The van der Waals surface area contributed by atoms with Crippen LogP contribution in [0.4, 0.5) is 4.79 Å². The zero-order valence-electron chi connectivity index (χ0n) is 14.1. The van der Waals surface area contributed by atoms with E-state index in [2.05, 4.69) is 22.8 Å². The van der Waals surface area contributed by atoms with Crippen molar-refractivity contribution in [3.8, 4) is 0 Å². The second-order valence-corrected chi connectivity index (χ2v) is 6.60. The lowest BCUT2D eigenvalue weighted by atomic mass is 9.64. The number of rotatable bonds is 6. The van der Waals surface area contributed by atoms with E-state index in [0.717, 1.165) is 18.4 Å². The van der Waals surface area contributed by atoms with Gasteiger partial charge in [0.25, 0.3) is 0 Å². The van der Waals surface area contributed by atoms with E-state index in [1.165, 1.54) is 12.0 Å². The van der Waals surface area contributed by atoms with Crippen LogP contribution in [0.2, 0.25) is 0 Å². The third-order valence-corrected chi connectivity index (χ3v) is 4.95. The molecule has 1 aliphatic carbocycles. The summed E-state index contributed by atoms with van der Waals surface area (Å²) in [5, 5.41) is 5.83. The molecule has 2 aromatic rings. The van der Waals surface area contributed by atoms with Crippen LogP contribution in [0.5, 0.6) is 0 Å². The van der Waals surface area contributed by atoms with E-state index in [1.54, 1.807) is 18.2 Å². The molecule has 0 unspecified atom stereocenters. The minimum atomic E-state index is -0.471. The fourth-order valence-electron chi connectivity index (χ4n) is 3.29. The van der Waals surface area contributed by atoms with Gasteiger partial charge in [-0.25, -0.2) is 4.79 Å². The van der Waals surface area contributed by atoms with Gasteiger partial charge in [-0.05, 0) is 36.1 Å². The summed E-state index contributed by atoms with van der Waals surface area (Å²) in [6.07, 6.45) is 3.38. The lowest BCUT2D eigenvalue weighted by Gasteiger charge is -2.42. The lowest BCUT2D eigenvalue weighted by molar-refractivity contribution is 0.1000. The van der Waals surface area contributed by atoms with Crippen LogP contribution in [0, 0.1) is 0 Å². The molecule has 0 aliphatic heterocycles. The van der Waals surface area contributed by atoms with Gasteiger partial charge < -0.3 is 16.4 Å². The predicted octanol–water partition coefficient (Wildman–Crippen LogP) is 2.71. The zero-order chi connectivity index (χ0) is 17.7. The summed E-state index contributed by atoms with van der Waals surface area (Å²) in [5.74, 6) is -0.471. The summed E-state index contributed by atoms with van der Waals surface area (Å²) in [6.45, 7) is 0.982. The maximum Gasteiger partial charge on any atom is 0.315 e. The van der Waals surface area contributed by atoms with Crippen molar-refractivity contribution in [2.45, 2.75) is 31.2 Å². The van der Waals surface area contributed by atoms with E-state index in [1.807, 2.05) is 24.3 Å². The molecule has 0 spiro atoms. The van der Waals surface area contributed by atoms with Gasteiger partial charge in [0, 0.05) is 24.1 Å². The molecule has 0 atom stereocenters. The first-order valence-corrected chi connectivity index (χ1v) is 8.55. The standard InChI is InChI=1S/C20H23N3O2/c21-18(24)16-7-4-6-15(12-16)13-22-19(25)23-14-20(10-5-11-20)17-8-2-1-3-9-17/h1-4,6-9,12H,5,10-11,13-14H2,(H2,21,24)(H2,22,23,25). The van der Waals surface area contributed by atoms with Crippen LogP contribution >= 0.6 is 0 Å².